The van der Waals surface area contributed by atoms with Crippen LogP contribution in [0.15, 0.2) is 30.3 Å². The minimum Gasteiger partial charge on any atom is -0.494 e. The second-order valence-electron chi connectivity index (χ2n) is 9.58. The summed E-state index contributed by atoms with van der Waals surface area (Å²) in [6.45, 7) is 2.20. The normalized spacial score (nSPS) is 24.7. The van der Waals surface area contributed by atoms with Gasteiger partial charge in [-0.25, -0.2) is 13.2 Å². The average molecular weight is 491 g/mol. The van der Waals surface area contributed by atoms with E-state index in [9.17, 15) is 9.18 Å². The summed E-state index contributed by atoms with van der Waals surface area (Å²) in [5, 5.41) is 0. The molecule has 2 aliphatic rings. The minimum atomic E-state index is -0.765. The van der Waals surface area contributed by atoms with Crippen LogP contribution < -0.4 is 9.47 Å². The molecule has 0 unspecified atom stereocenters. The molecule has 0 atom stereocenters. The van der Waals surface area contributed by atoms with E-state index in [4.69, 9.17) is 14.2 Å². The van der Waals surface area contributed by atoms with Crippen molar-refractivity contribution in [2.45, 2.75) is 76.2 Å². The highest BCUT2D eigenvalue weighted by molar-refractivity contribution is 5.75. The lowest BCUT2D eigenvalue weighted by atomic mass is 9.77. The molecule has 2 fully saturated rings. The number of esters is 1. The van der Waals surface area contributed by atoms with Crippen molar-refractivity contribution in [3.63, 3.8) is 0 Å². The number of hydrogen-bond acceptors (Lipinski definition) is 4. The molecule has 2 aliphatic carbocycles. The first-order valence-corrected chi connectivity index (χ1v) is 12.6. The maximum Gasteiger partial charge on any atom is 0.314 e. The number of methoxy groups -OCH3 is 1. The largest absolute Gasteiger partial charge is 0.494 e. The molecule has 0 heterocycles. The highest BCUT2D eigenvalue weighted by Gasteiger charge is 2.32. The van der Waals surface area contributed by atoms with E-state index in [1.165, 1.54) is 12.1 Å². The van der Waals surface area contributed by atoms with Crippen molar-refractivity contribution in [1.82, 2.24) is 0 Å². The Labute approximate surface area is 204 Å². The monoisotopic (exact) mass is 490 g/mol. The van der Waals surface area contributed by atoms with Gasteiger partial charge in [0.25, 0.3) is 0 Å². The van der Waals surface area contributed by atoms with Crippen molar-refractivity contribution in [3.05, 3.63) is 58.9 Å². The Hall–Kier alpha value is -2.54. The Morgan fingerprint density at radius 3 is 1.94 bits per heavy atom. The van der Waals surface area contributed by atoms with Gasteiger partial charge < -0.3 is 14.2 Å². The van der Waals surface area contributed by atoms with Crippen molar-refractivity contribution in [2.24, 2.45) is 5.92 Å². The van der Waals surface area contributed by atoms with E-state index in [1.807, 2.05) is 0 Å². The summed E-state index contributed by atoms with van der Waals surface area (Å²) in [5.41, 5.74) is 0.830. The zero-order chi connectivity index (χ0) is 24.9. The molecular weight excluding hydrogens is 457 g/mol. The Morgan fingerprint density at radius 1 is 0.857 bits per heavy atom. The zero-order valence-electron chi connectivity index (χ0n) is 20.3. The molecular formula is C28H33F3O4. The first-order chi connectivity index (χ1) is 16.9. The summed E-state index contributed by atoms with van der Waals surface area (Å²) in [6, 6.07) is 7.57. The number of carbonyl (C=O) groups is 1. The van der Waals surface area contributed by atoms with Crippen molar-refractivity contribution < 1.29 is 32.2 Å². The van der Waals surface area contributed by atoms with Crippen LogP contribution in [0.5, 0.6) is 11.5 Å². The Kier molecular flexibility index (Phi) is 8.37. The number of rotatable bonds is 7. The Morgan fingerprint density at radius 2 is 1.43 bits per heavy atom. The maximum atomic E-state index is 15.1. The highest BCUT2D eigenvalue weighted by Crippen LogP contribution is 2.41. The molecule has 0 N–H and O–H groups in total. The van der Waals surface area contributed by atoms with Crippen LogP contribution in [0.2, 0.25) is 0 Å². The van der Waals surface area contributed by atoms with Crippen LogP contribution in [-0.4, -0.2) is 25.8 Å². The number of halogens is 3. The fourth-order valence-corrected chi connectivity index (χ4v) is 5.47. The Bertz CT molecular complexity index is 1030. The number of carbonyl (C=O) groups excluding carboxylic acids is 1. The fraction of sp³-hybridized carbons (Fsp3) is 0.536. The molecule has 0 bridgehead atoms. The van der Waals surface area contributed by atoms with Gasteiger partial charge in [0.1, 0.15) is 5.75 Å². The first kappa shape index (κ1) is 25.5. The third-order valence-corrected chi connectivity index (χ3v) is 7.51. The van der Waals surface area contributed by atoms with Gasteiger partial charge in [-0.2, -0.15) is 0 Å². The molecule has 2 aromatic carbocycles. The van der Waals surface area contributed by atoms with Crippen molar-refractivity contribution in [1.29, 1.82) is 0 Å². The van der Waals surface area contributed by atoms with Crippen LogP contribution in [0.4, 0.5) is 13.2 Å². The smallest absolute Gasteiger partial charge is 0.314 e. The SMILES string of the molecule is CCOc1ccc(OC(=O)C2CCC(c3ccc(C4CCC(OC)CC4)c(F)c3F)CC2)c(F)c1. The van der Waals surface area contributed by atoms with E-state index in [1.54, 1.807) is 32.2 Å². The lowest BCUT2D eigenvalue weighted by Gasteiger charge is -2.30. The predicted molar refractivity (Wildman–Crippen MR) is 126 cm³/mol. The van der Waals surface area contributed by atoms with Gasteiger partial charge in [0, 0.05) is 13.2 Å². The van der Waals surface area contributed by atoms with Crippen LogP contribution in [0.3, 0.4) is 0 Å². The van der Waals surface area contributed by atoms with Gasteiger partial charge in [-0.3, -0.25) is 4.79 Å². The van der Waals surface area contributed by atoms with Gasteiger partial charge in [-0.15, -0.1) is 0 Å². The molecule has 0 radical (unpaired) electrons. The van der Waals surface area contributed by atoms with E-state index in [0.29, 0.717) is 49.2 Å². The average Bonchev–Trinajstić information content (AvgIpc) is 2.87. The van der Waals surface area contributed by atoms with Gasteiger partial charge in [-0.05, 0) is 93.4 Å². The molecule has 7 heteroatoms. The number of hydrogen-bond donors (Lipinski definition) is 0. The van der Waals surface area contributed by atoms with Crippen LogP contribution >= 0.6 is 0 Å². The molecule has 0 aromatic heterocycles. The molecule has 2 saturated carbocycles. The lowest BCUT2D eigenvalue weighted by molar-refractivity contribution is -0.140. The summed E-state index contributed by atoms with van der Waals surface area (Å²) in [7, 11) is 1.69. The molecule has 0 saturated heterocycles. The summed E-state index contributed by atoms with van der Waals surface area (Å²) in [4.78, 5) is 12.6. The molecule has 0 aliphatic heterocycles. The standard InChI is InChI=1S/C28H33F3O4/c1-3-34-21-12-15-25(24(29)16-21)35-28(32)19-6-4-17(5-7-19)22-13-14-23(27(31)26(22)30)18-8-10-20(33-2)11-9-18/h12-20H,3-11H2,1-2H3. The second-order valence-corrected chi connectivity index (χ2v) is 9.58. The quantitative estimate of drug-likeness (QED) is 0.308. The van der Waals surface area contributed by atoms with E-state index < -0.39 is 29.3 Å². The van der Waals surface area contributed by atoms with Crippen molar-refractivity contribution in [2.75, 3.05) is 13.7 Å². The van der Waals surface area contributed by atoms with Crippen LogP contribution in [-0.2, 0) is 9.53 Å². The highest BCUT2D eigenvalue weighted by atomic mass is 19.2. The molecule has 2 aromatic rings. The summed E-state index contributed by atoms with van der Waals surface area (Å²) >= 11 is 0. The minimum absolute atomic E-state index is 0.0125. The predicted octanol–water partition coefficient (Wildman–Crippen LogP) is 7.05. The third kappa shape index (κ3) is 5.83. The first-order valence-electron chi connectivity index (χ1n) is 12.6. The molecule has 4 rings (SSSR count). The van der Waals surface area contributed by atoms with Crippen LogP contribution in [0.1, 0.15) is 81.3 Å². The molecule has 4 nitrogen and oxygen atoms in total. The van der Waals surface area contributed by atoms with Crippen molar-refractivity contribution in [3.8, 4) is 11.5 Å². The molecule has 35 heavy (non-hydrogen) atoms. The van der Waals surface area contributed by atoms with E-state index in [0.717, 1.165) is 25.7 Å². The summed E-state index contributed by atoms with van der Waals surface area (Å²) in [5.74, 6) is -2.98. The van der Waals surface area contributed by atoms with Gasteiger partial charge in [-0.1, -0.05) is 12.1 Å². The summed E-state index contributed by atoms with van der Waals surface area (Å²) < 4.78 is 60.2. The number of benzene rings is 2. The molecule has 0 amide bonds. The van der Waals surface area contributed by atoms with Crippen LogP contribution in [0.25, 0.3) is 0 Å². The van der Waals surface area contributed by atoms with Gasteiger partial charge in [0.15, 0.2) is 23.2 Å². The van der Waals surface area contributed by atoms with Crippen molar-refractivity contribution >= 4 is 5.97 Å². The fourth-order valence-electron chi connectivity index (χ4n) is 5.47. The summed E-state index contributed by atoms with van der Waals surface area (Å²) in [6.07, 6.45) is 5.52. The molecule has 190 valence electrons. The van der Waals surface area contributed by atoms with E-state index in [2.05, 4.69) is 0 Å². The van der Waals surface area contributed by atoms with E-state index in [-0.39, 0.29) is 23.7 Å². The lowest BCUT2D eigenvalue weighted by Crippen LogP contribution is -2.26. The topological polar surface area (TPSA) is 44.8 Å². The van der Waals surface area contributed by atoms with Crippen LogP contribution in [0, 0.1) is 23.4 Å². The van der Waals surface area contributed by atoms with Gasteiger partial charge in [0.05, 0.1) is 18.6 Å². The van der Waals surface area contributed by atoms with Gasteiger partial charge >= 0.3 is 5.97 Å². The number of ether oxygens (including phenoxy) is 3. The zero-order valence-corrected chi connectivity index (χ0v) is 20.3. The second kappa shape index (κ2) is 11.5. The Balaban J connectivity index is 1.35. The maximum absolute atomic E-state index is 15.1. The van der Waals surface area contributed by atoms with Gasteiger partial charge in [0.2, 0.25) is 0 Å². The molecule has 0 spiro atoms. The van der Waals surface area contributed by atoms with E-state index >= 15 is 8.78 Å². The third-order valence-electron chi connectivity index (χ3n) is 7.51.